The second-order valence-corrected chi connectivity index (χ2v) is 5.98. The van der Waals surface area contributed by atoms with Crippen LogP contribution in [0.25, 0.3) is 0 Å². The Morgan fingerprint density at radius 2 is 2.05 bits per heavy atom. The Balaban J connectivity index is 2.76. The molecule has 5 heteroatoms. The number of methoxy groups -OCH3 is 1. The van der Waals surface area contributed by atoms with Gasteiger partial charge in [-0.1, -0.05) is 20.8 Å². The van der Waals surface area contributed by atoms with E-state index in [9.17, 15) is 0 Å². The molecule has 0 aliphatic carbocycles. The maximum absolute atomic E-state index is 5.32. The van der Waals surface area contributed by atoms with Gasteiger partial charge in [-0.3, -0.25) is 4.98 Å². The van der Waals surface area contributed by atoms with E-state index in [4.69, 9.17) is 4.74 Å². The van der Waals surface area contributed by atoms with E-state index in [1.165, 1.54) is 6.42 Å². The van der Waals surface area contributed by atoms with Crippen LogP contribution in [-0.4, -0.2) is 34.6 Å². The second kappa shape index (κ2) is 9.15. The fourth-order valence-electron chi connectivity index (χ4n) is 1.66. The summed E-state index contributed by atoms with van der Waals surface area (Å²) in [5, 5.41) is 4.20. The fourth-order valence-corrected chi connectivity index (χ4v) is 2.70. The first-order chi connectivity index (χ1) is 9.22. The minimum atomic E-state index is 0.197. The van der Waals surface area contributed by atoms with E-state index in [1.54, 1.807) is 19.5 Å². The number of thioether (sulfide) groups is 1. The van der Waals surface area contributed by atoms with Crippen LogP contribution in [0, 0.1) is 0 Å². The van der Waals surface area contributed by atoms with Crippen LogP contribution in [0.15, 0.2) is 12.4 Å². The summed E-state index contributed by atoms with van der Waals surface area (Å²) in [7, 11) is 1.65. The highest BCUT2D eigenvalue weighted by atomic mass is 32.2. The van der Waals surface area contributed by atoms with Crippen LogP contribution in [0.4, 0.5) is 0 Å². The Morgan fingerprint density at radius 3 is 2.68 bits per heavy atom. The number of nitrogens with zero attached hydrogens (tertiary/aromatic N) is 2. The monoisotopic (exact) mass is 283 g/mol. The lowest BCUT2D eigenvalue weighted by molar-refractivity contribution is 0.380. The van der Waals surface area contributed by atoms with Crippen molar-refractivity contribution in [2.75, 3.05) is 19.4 Å². The topological polar surface area (TPSA) is 47.0 Å². The Morgan fingerprint density at radius 1 is 1.32 bits per heavy atom. The maximum atomic E-state index is 5.32. The molecule has 0 fully saturated rings. The average molecular weight is 283 g/mol. The number of ether oxygens (including phenoxy) is 1. The summed E-state index contributed by atoms with van der Waals surface area (Å²) in [6, 6.07) is 0.197. The maximum Gasteiger partial charge on any atom is 0.237 e. The van der Waals surface area contributed by atoms with Crippen LogP contribution in [-0.2, 0) is 0 Å². The molecule has 0 radical (unpaired) electrons. The minimum absolute atomic E-state index is 0.197. The number of hydrogen-bond acceptors (Lipinski definition) is 5. The zero-order valence-corrected chi connectivity index (χ0v) is 13.2. The molecule has 0 aliphatic heterocycles. The van der Waals surface area contributed by atoms with Crippen molar-refractivity contribution in [2.24, 2.45) is 0 Å². The molecular weight excluding hydrogens is 258 g/mol. The highest BCUT2D eigenvalue weighted by Crippen LogP contribution is 2.26. The van der Waals surface area contributed by atoms with Crippen LogP contribution >= 0.6 is 11.8 Å². The predicted molar refractivity (Wildman–Crippen MR) is 81.8 cm³/mol. The zero-order chi connectivity index (χ0) is 14.1. The first-order valence-corrected chi connectivity index (χ1v) is 7.97. The SMILES string of the molecule is CCCNC(CSC(C)CC)c1nccnc1OC. The van der Waals surface area contributed by atoms with Crippen molar-refractivity contribution in [3.8, 4) is 5.88 Å². The van der Waals surface area contributed by atoms with Gasteiger partial charge in [0.1, 0.15) is 5.69 Å². The molecule has 0 saturated carbocycles. The molecule has 19 heavy (non-hydrogen) atoms. The van der Waals surface area contributed by atoms with Crippen molar-refractivity contribution >= 4 is 11.8 Å². The molecule has 2 atom stereocenters. The summed E-state index contributed by atoms with van der Waals surface area (Å²) >= 11 is 1.96. The molecule has 0 aliphatic rings. The predicted octanol–water partition coefficient (Wildman–Crippen LogP) is 3.06. The lowest BCUT2D eigenvalue weighted by atomic mass is 10.2. The van der Waals surface area contributed by atoms with Gasteiger partial charge in [-0.15, -0.1) is 0 Å². The van der Waals surface area contributed by atoms with E-state index in [2.05, 4.69) is 36.1 Å². The second-order valence-electron chi connectivity index (χ2n) is 4.51. The summed E-state index contributed by atoms with van der Waals surface area (Å²) in [6.07, 6.45) is 5.68. The minimum Gasteiger partial charge on any atom is -0.480 e. The molecule has 1 rings (SSSR count). The molecule has 4 nitrogen and oxygen atoms in total. The third-order valence-corrected chi connectivity index (χ3v) is 4.41. The van der Waals surface area contributed by atoms with E-state index in [0.29, 0.717) is 11.1 Å². The fraction of sp³-hybridized carbons (Fsp3) is 0.714. The summed E-state index contributed by atoms with van der Waals surface area (Å²) < 4.78 is 5.32. The number of nitrogens with one attached hydrogen (secondary N) is 1. The van der Waals surface area contributed by atoms with Crippen LogP contribution < -0.4 is 10.1 Å². The molecule has 1 aromatic rings. The van der Waals surface area contributed by atoms with Crippen LogP contribution in [0.3, 0.4) is 0 Å². The molecule has 0 bridgehead atoms. The number of hydrogen-bond donors (Lipinski definition) is 1. The summed E-state index contributed by atoms with van der Waals surface area (Å²) in [6.45, 7) is 7.62. The van der Waals surface area contributed by atoms with Gasteiger partial charge in [-0.05, 0) is 19.4 Å². The molecule has 1 N–H and O–H groups in total. The van der Waals surface area contributed by atoms with Crippen LogP contribution in [0.5, 0.6) is 5.88 Å². The molecule has 1 aromatic heterocycles. The van der Waals surface area contributed by atoms with Crippen LogP contribution in [0.1, 0.15) is 45.3 Å². The zero-order valence-electron chi connectivity index (χ0n) is 12.3. The van der Waals surface area contributed by atoms with E-state index < -0.39 is 0 Å². The number of aromatic nitrogens is 2. The van der Waals surface area contributed by atoms with Crippen molar-refractivity contribution in [3.63, 3.8) is 0 Å². The van der Waals surface area contributed by atoms with E-state index in [0.717, 1.165) is 24.4 Å². The molecule has 0 amide bonds. The molecule has 0 spiro atoms. The molecule has 2 unspecified atom stereocenters. The third kappa shape index (κ3) is 5.37. The molecular formula is C14H25N3OS. The third-order valence-electron chi connectivity index (χ3n) is 2.98. The highest BCUT2D eigenvalue weighted by Gasteiger charge is 2.18. The quantitative estimate of drug-likeness (QED) is 0.754. The molecule has 108 valence electrons. The molecule has 1 heterocycles. The van der Waals surface area contributed by atoms with Crippen molar-refractivity contribution in [1.29, 1.82) is 0 Å². The van der Waals surface area contributed by atoms with E-state index >= 15 is 0 Å². The van der Waals surface area contributed by atoms with E-state index in [1.807, 2.05) is 11.8 Å². The molecule has 0 aromatic carbocycles. The van der Waals surface area contributed by atoms with Gasteiger partial charge in [0.15, 0.2) is 0 Å². The standard InChI is InChI=1S/C14H25N3OS/c1-5-7-15-12(10-19-11(3)6-2)13-14(18-4)17-9-8-16-13/h8-9,11-12,15H,5-7,10H2,1-4H3. The summed E-state index contributed by atoms with van der Waals surface area (Å²) in [5.41, 5.74) is 0.911. The smallest absolute Gasteiger partial charge is 0.237 e. The Labute approximate surface area is 120 Å². The van der Waals surface area contributed by atoms with Crippen molar-refractivity contribution in [3.05, 3.63) is 18.1 Å². The van der Waals surface area contributed by atoms with Gasteiger partial charge in [-0.2, -0.15) is 11.8 Å². The highest BCUT2D eigenvalue weighted by molar-refractivity contribution is 7.99. The Bertz CT molecular complexity index is 362. The van der Waals surface area contributed by atoms with Gasteiger partial charge in [0.25, 0.3) is 0 Å². The summed E-state index contributed by atoms with van der Waals surface area (Å²) in [5.74, 6) is 1.62. The number of rotatable bonds is 9. The largest absolute Gasteiger partial charge is 0.480 e. The van der Waals surface area contributed by atoms with Crippen molar-refractivity contribution in [2.45, 2.75) is 44.9 Å². The molecule has 0 saturated heterocycles. The first kappa shape index (κ1) is 16.2. The van der Waals surface area contributed by atoms with Crippen molar-refractivity contribution < 1.29 is 4.74 Å². The van der Waals surface area contributed by atoms with Gasteiger partial charge >= 0.3 is 0 Å². The average Bonchev–Trinajstić information content (AvgIpc) is 2.47. The van der Waals surface area contributed by atoms with Crippen LogP contribution in [0.2, 0.25) is 0 Å². The lowest BCUT2D eigenvalue weighted by Crippen LogP contribution is -2.26. The van der Waals surface area contributed by atoms with E-state index in [-0.39, 0.29) is 6.04 Å². The van der Waals surface area contributed by atoms with Gasteiger partial charge < -0.3 is 10.1 Å². The van der Waals surface area contributed by atoms with Crippen molar-refractivity contribution in [1.82, 2.24) is 15.3 Å². The summed E-state index contributed by atoms with van der Waals surface area (Å²) in [4.78, 5) is 8.68. The first-order valence-electron chi connectivity index (χ1n) is 6.92. The van der Waals surface area contributed by atoms with Gasteiger partial charge in [0, 0.05) is 23.4 Å². The Hall–Kier alpha value is -0.810. The lowest BCUT2D eigenvalue weighted by Gasteiger charge is -2.20. The van der Waals surface area contributed by atoms with Gasteiger partial charge in [-0.25, -0.2) is 4.98 Å². The van der Waals surface area contributed by atoms with Gasteiger partial charge in [0.05, 0.1) is 13.2 Å². The normalized spacial score (nSPS) is 14.1. The van der Waals surface area contributed by atoms with Gasteiger partial charge in [0.2, 0.25) is 5.88 Å². The Kier molecular flexibility index (Phi) is 7.82.